The topological polar surface area (TPSA) is 3.24 Å². The predicted molar refractivity (Wildman–Crippen MR) is 122 cm³/mol. The van der Waals surface area contributed by atoms with Gasteiger partial charge in [-0.2, -0.15) is 0 Å². The number of nitrogens with zero attached hydrogens (tertiary/aromatic N) is 1. The van der Waals surface area contributed by atoms with Crippen LogP contribution < -0.4 is 0 Å². The normalized spacial score (nSPS) is 20.6. The van der Waals surface area contributed by atoms with Crippen LogP contribution in [0.15, 0.2) is 54.6 Å². The molecule has 1 aliphatic rings. The van der Waals surface area contributed by atoms with Crippen molar-refractivity contribution in [3.63, 3.8) is 0 Å². The molecule has 0 amide bonds. The molecule has 0 heterocycles. The lowest BCUT2D eigenvalue weighted by Gasteiger charge is -2.30. The monoisotopic (exact) mass is 397 g/mol. The summed E-state index contributed by atoms with van der Waals surface area (Å²) in [6.07, 6.45) is 8.45. The molecular formula is C26H36ClN. The molecule has 28 heavy (non-hydrogen) atoms. The molecule has 0 aromatic heterocycles. The van der Waals surface area contributed by atoms with Crippen LogP contribution in [0, 0.1) is 0 Å². The molecule has 2 aromatic rings. The molecule has 152 valence electrons. The molecule has 0 aliphatic heterocycles. The number of halogens is 1. The van der Waals surface area contributed by atoms with E-state index in [9.17, 15) is 0 Å². The van der Waals surface area contributed by atoms with E-state index in [1.54, 1.807) is 0 Å². The van der Waals surface area contributed by atoms with Gasteiger partial charge < -0.3 is 4.90 Å². The fourth-order valence-electron chi connectivity index (χ4n) is 4.72. The SMILES string of the molecule is CCC(CCc1ccc(C2CCCC2Cl)cc1)N(CC)CCc1ccccc1. The highest BCUT2D eigenvalue weighted by Gasteiger charge is 2.26. The van der Waals surface area contributed by atoms with Crippen molar-refractivity contribution < 1.29 is 0 Å². The molecule has 0 bridgehead atoms. The van der Waals surface area contributed by atoms with Crippen molar-refractivity contribution in [3.8, 4) is 0 Å². The van der Waals surface area contributed by atoms with E-state index in [0.717, 1.165) is 25.9 Å². The van der Waals surface area contributed by atoms with E-state index in [4.69, 9.17) is 11.6 Å². The number of likely N-dealkylation sites (N-methyl/N-ethyl adjacent to an activating group) is 1. The summed E-state index contributed by atoms with van der Waals surface area (Å²) in [6, 6.07) is 20.9. The van der Waals surface area contributed by atoms with Crippen molar-refractivity contribution in [1.82, 2.24) is 4.90 Å². The molecule has 3 rings (SSSR count). The van der Waals surface area contributed by atoms with Gasteiger partial charge in [0, 0.05) is 23.9 Å². The van der Waals surface area contributed by atoms with Gasteiger partial charge >= 0.3 is 0 Å². The van der Waals surface area contributed by atoms with Crippen LogP contribution in [0.3, 0.4) is 0 Å². The zero-order chi connectivity index (χ0) is 19.8. The summed E-state index contributed by atoms with van der Waals surface area (Å²) in [5.74, 6) is 0.563. The summed E-state index contributed by atoms with van der Waals surface area (Å²) in [4.78, 5) is 2.66. The lowest BCUT2D eigenvalue weighted by molar-refractivity contribution is 0.193. The molecule has 1 saturated carbocycles. The van der Waals surface area contributed by atoms with Gasteiger partial charge in [-0.3, -0.25) is 0 Å². The highest BCUT2D eigenvalue weighted by atomic mass is 35.5. The average Bonchev–Trinajstić information content (AvgIpc) is 3.17. The maximum absolute atomic E-state index is 6.49. The van der Waals surface area contributed by atoms with Gasteiger partial charge in [-0.05, 0) is 61.8 Å². The number of aryl methyl sites for hydroxylation is 1. The lowest BCUT2D eigenvalue weighted by atomic mass is 9.94. The van der Waals surface area contributed by atoms with Crippen molar-refractivity contribution >= 4 is 11.6 Å². The Morgan fingerprint density at radius 1 is 0.929 bits per heavy atom. The molecule has 1 aliphatic carbocycles. The highest BCUT2D eigenvalue weighted by molar-refractivity contribution is 6.21. The molecule has 3 unspecified atom stereocenters. The zero-order valence-electron chi connectivity index (χ0n) is 17.6. The molecule has 1 fully saturated rings. The van der Waals surface area contributed by atoms with Crippen LogP contribution in [0.4, 0.5) is 0 Å². The van der Waals surface area contributed by atoms with E-state index in [2.05, 4.69) is 73.3 Å². The van der Waals surface area contributed by atoms with Crippen molar-refractivity contribution in [1.29, 1.82) is 0 Å². The first kappa shape index (κ1) is 21.4. The van der Waals surface area contributed by atoms with Gasteiger partial charge in [-0.15, -0.1) is 11.6 Å². The van der Waals surface area contributed by atoms with Gasteiger partial charge in [0.1, 0.15) is 0 Å². The van der Waals surface area contributed by atoms with E-state index < -0.39 is 0 Å². The van der Waals surface area contributed by atoms with Gasteiger partial charge in [0.25, 0.3) is 0 Å². The van der Waals surface area contributed by atoms with Crippen LogP contribution in [0.2, 0.25) is 0 Å². The Morgan fingerprint density at radius 2 is 1.64 bits per heavy atom. The summed E-state index contributed by atoms with van der Waals surface area (Å²) in [6.45, 7) is 6.91. The maximum atomic E-state index is 6.49. The summed E-state index contributed by atoms with van der Waals surface area (Å²) in [7, 11) is 0. The molecule has 2 heteroatoms. The summed E-state index contributed by atoms with van der Waals surface area (Å²) < 4.78 is 0. The molecule has 0 saturated heterocycles. The van der Waals surface area contributed by atoms with E-state index in [1.165, 1.54) is 48.8 Å². The van der Waals surface area contributed by atoms with E-state index in [-0.39, 0.29) is 0 Å². The molecule has 0 spiro atoms. The summed E-state index contributed by atoms with van der Waals surface area (Å²) >= 11 is 6.49. The van der Waals surface area contributed by atoms with Gasteiger partial charge in [-0.25, -0.2) is 0 Å². The second kappa shape index (κ2) is 11.0. The van der Waals surface area contributed by atoms with Gasteiger partial charge in [0.15, 0.2) is 0 Å². The first-order valence-electron chi connectivity index (χ1n) is 11.2. The van der Waals surface area contributed by atoms with Gasteiger partial charge in [-0.1, -0.05) is 74.9 Å². The Morgan fingerprint density at radius 3 is 2.25 bits per heavy atom. The first-order chi connectivity index (χ1) is 13.7. The molecule has 0 radical (unpaired) electrons. The quantitative estimate of drug-likeness (QED) is 0.397. The van der Waals surface area contributed by atoms with Crippen molar-refractivity contribution in [2.45, 2.75) is 76.1 Å². The number of rotatable bonds is 10. The average molecular weight is 398 g/mol. The van der Waals surface area contributed by atoms with Crippen molar-refractivity contribution in [2.75, 3.05) is 13.1 Å². The van der Waals surface area contributed by atoms with Crippen molar-refractivity contribution in [2.24, 2.45) is 0 Å². The predicted octanol–water partition coefficient (Wildman–Crippen LogP) is 6.84. The minimum atomic E-state index is 0.332. The summed E-state index contributed by atoms with van der Waals surface area (Å²) in [5.41, 5.74) is 4.34. The van der Waals surface area contributed by atoms with Crippen LogP contribution in [0.25, 0.3) is 0 Å². The van der Waals surface area contributed by atoms with E-state index >= 15 is 0 Å². The Labute approximate surface area is 177 Å². The largest absolute Gasteiger partial charge is 0.300 e. The van der Waals surface area contributed by atoms with Crippen LogP contribution in [-0.2, 0) is 12.8 Å². The summed E-state index contributed by atoms with van der Waals surface area (Å²) in [5, 5.41) is 0.332. The van der Waals surface area contributed by atoms with E-state index in [0.29, 0.717) is 17.3 Å². The zero-order valence-corrected chi connectivity index (χ0v) is 18.4. The Hall–Kier alpha value is -1.31. The van der Waals surface area contributed by atoms with Crippen LogP contribution in [0.1, 0.15) is 68.6 Å². The Balaban J connectivity index is 1.51. The molecular weight excluding hydrogens is 362 g/mol. The molecule has 2 aromatic carbocycles. The third kappa shape index (κ3) is 5.84. The number of hydrogen-bond donors (Lipinski definition) is 0. The smallest absolute Gasteiger partial charge is 0.0404 e. The molecule has 0 N–H and O–H groups in total. The fourth-order valence-corrected chi connectivity index (χ4v) is 5.14. The molecule has 3 atom stereocenters. The second-order valence-electron chi connectivity index (χ2n) is 8.26. The maximum Gasteiger partial charge on any atom is 0.0404 e. The fraction of sp³-hybridized carbons (Fsp3) is 0.538. The Bertz CT molecular complexity index is 681. The third-order valence-corrected chi connectivity index (χ3v) is 7.05. The number of benzene rings is 2. The number of alkyl halides is 1. The highest BCUT2D eigenvalue weighted by Crippen LogP contribution is 2.38. The van der Waals surface area contributed by atoms with Crippen LogP contribution >= 0.6 is 11.6 Å². The first-order valence-corrected chi connectivity index (χ1v) is 11.7. The minimum absolute atomic E-state index is 0.332. The van der Waals surface area contributed by atoms with Crippen LogP contribution in [0.5, 0.6) is 0 Å². The second-order valence-corrected chi connectivity index (χ2v) is 8.82. The Kier molecular flexibility index (Phi) is 8.43. The third-order valence-electron chi connectivity index (χ3n) is 6.53. The van der Waals surface area contributed by atoms with Gasteiger partial charge in [0.2, 0.25) is 0 Å². The lowest BCUT2D eigenvalue weighted by Crippen LogP contribution is -2.36. The number of hydrogen-bond acceptors (Lipinski definition) is 1. The molecule has 1 nitrogen and oxygen atoms in total. The van der Waals surface area contributed by atoms with E-state index in [1.807, 2.05) is 0 Å². The standard InChI is InChI=1S/C26H36ClN/c1-3-24(28(4-2)20-19-21-9-6-5-7-10-21)18-15-22-13-16-23(17-14-22)25-11-8-12-26(25)27/h5-7,9-10,13-14,16-17,24-26H,3-4,8,11-12,15,18-20H2,1-2H3. The van der Waals surface area contributed by atoms with Gasteiger partial charge in [0.05, 0.1) is 0 Å². The van der Waals surface area contributed by atoms with Crippen LogP contribution in [-0.4, -0.2) is 29.4 Å². The minimum Gasteiger partial charge on any atom is -0.300 e. The van der Waals surface area contributed by atoms with Crippen molar-refractivity contribution in [3.05, 3.63) is 71.3 Å².